The van der Waals surface area contributed by atoms with Crippen LogP contribution in [0.1, 0.15) is 21.6 Å². The second-order valence-electron chi connectivity index (χ2n) is 7.06. The number of morpholine rings is 1. The number of amides is 1. The fourth-order valence-electron chi connectivity index (χ4n) is 3.49. The highest BCUT2D eigenvalue weighted by atomic mass is 16.5. The summed E-state index contributed by atoms with van der Waals surface area (Å²) in [5.41, 5.74) is 2.07. The molecule has 0 aliphatic carbocycles. The topological polar surface area (TPSA) is 93.8 Å². The predicted molar refractivity (Wildman–Crippen MR) is 107 cm³/mol. The average molecular weight is 396 g/mol. The van der Waals surface area contributed by atoms with Crippen molar-refractivity contribution in [2.24, 2.45) is 0 Å². The summed E-state index contributed by atoms with van der Waals surface area (Å²) in [5, 5.41) is 7.01. The number of carbonyl (C=O) groups is 1. The van der Waals surface area contributed by atoms with Crippen molar-refractivity contribution in [1.82, 2.24) is 29.4 Å². The van der Waals surface area contributed by atoms with E-state index in [2.05, 4.69) is 20.3 Å². The molecular weight excluding hydrogens is 372 g/mol. The van der Waals surface area contributed by atoms with Crippen molar-refractivity contribution in [1.29, 1.82) is 0 Å². The Labute approximate surface area is 167 Å². The van der Waals surface area contributed by atoms with Crippen molar-refractivity contribution < 1.29 is 9.53 Å². The third-order valence-electron chi connectivity index (χ3n) is 5.17. The van der Waals surface area contributed by atoms with Crippen LogP contribution in [-0.2, 0) is 17.8 Å². The van der Waals surface area contributed by atoms with Crippen LogP contribution in [0, 0.1) is 6.92 Å². The van der Waals surface area contributed by atoms with E-state index in [0.29, 0.717) is 17.8 Å². The highest BCUT2D eigenvalue weighted by Gasteiger charge is 2.17. The van der Waals surface area contributed by atoms with Crippen LogP contribution in [0.2, 0.25) is 0 Å². The first-order valence-electron chi connectivity index (χ1n) is 9.69. The van der Waals surface area contributed by atoms with Crippen LogP contribution in [0.4, 0.5) is 0 Å². The SMILES string of the molecule is Cc1ccn(CCN2CCOCC2)c(=O)c1C(=O)NCc1cccc2ncnn12. The Bertz CT molecular complexity index is 1070. The first kappa shape index (κ1) is 19.3. The van der Waals surface area contributed by atoms with E-state index >= 15 is 0 Å². The second-order valence-corrected chi connectivity index (χ2v) is 7.06. The molecule has 1 amide bonds. The van der Waals surface area contributed by atoms with Crippen molar-refractivity contribution in [3.8, 4) is 0 Å². The highest BCUT2D eigenvalue weighted by molar-refractivity contribution is 5.95. The standard InChI is InChI=1S/C20H24N6O3/c1-15-5-6-25(8-7-24-9-11-29-12-10-24)20(28)18(15)19(27)21-13-16-3-2-4-17-22-14-23-26(16)17/h2-6,14H,7-13H2,1H3,(H,21,27). The molecular formula is C20H24N6O3. The van der Waals surface area contributed by atoms with Gasteiger partial charge in [0.05, 0.1) is 25.5 Å². The Morgan fingerprint density at radius 2 is 2.03 bits per heavy atom. The molecule has 0 atom stereocenters. The first-order chi connectivity index (χ1) is 14.1. The molecule has 0 spiro atoms. The average Bonchev–Trinajstić information content (AvgIpc) is 3.22. The van der Waals surface area contributed by atoms with Gasteiger partial charge in [0.1, 0.15) is 11.9 Å². The quantitative estimate of drug-likeness (QED) is 0.651. The van der Waals surface area contributed by atoms with Crippen LogP contribution in [0.15, 0.2) is 41.6 Å². The normalized spacial score (nSPS) is 14.9. The maximum atomic E-state index is 12.9. The van der Waals surface area contributed by atoms with E-state index in [9.17, 15) is 9.59 Å². The number of nitrogens with one attached hydrogen (secondary N) is 1. The van der Waals surface area contributed by atoms with Gasteiger partial charge in [-0.05, 0) is 30.7 Å². The number of aromatic nitrogens is 4. The molecule has 0 unspecified atom stereocenters. The molecule has 4 heterocycles. The van der Waals surface area contributed by atoms with E-state index in [1.165, 1.54) is 6.33 Å². The Hall–Kier alpha value is -3.04. The lowest BCUT2D eigenvalue weighted by molar-refractivity contribution is 0.0362. The molecule has 0 radical (unpaired) electrons. The van der Waals surface area contributed by atoms with Crippen LogP contribution < -0.4 is 10.9 Å². The number of fused-ring (bicyclic) bond motifs is 1. The zero-order valence-corrected chi connectivity index (χ0v) is 16.4. The number of hydrogen-bond acceptors (Lipinski definition) is 6. The molecule has 1 N–H and O–H groups in total. The van der Waals surface area contributed by atoms with Crippen LogP contribution >= 0.6 is 0 Å². The van der Waals surface area contributed by atoms with Crippen molar-refractivity contribution >= 4 is 11.6 Å². The summed E-state index contributed by atoms with van der Waals surface area (Å²) >= 11 is 0. The number of hydrogen-bond donors (Lipinski definition) is 1. The van der Waals surface area contributed by atoms with Crippen molar-refractivity contribution in [3.63, 3.8) is 0 Å². The summed E-state index contributed by atoms with van der Waals surface area (Å²) in [5.74, 6) is -0.384. The summed E-state index contributed by atoms with van der Waals surface area (Å²) in [6, 6.07) is 7.37. The number of nitrogens with zero attached hydrogens (tertiary/aromatic N) is 5. The van der Waals surface area contributed by atoms with Crippen molar-refractivity contribution in [3.05, 3.63) is 64.0 Å². The second kappa shape index (κ2) is 8.54. The van der Waals surface area contributed by atoms with Gasteiger partial charge in [-0.15, -0.1) is 0 Å². The smallest absolute Gasteiger partial charge is 0.263 e. The van der Waals surface area contributed by atoms with Crippen LogP contribution in [0.5, 0.6) is 0 Å². The van der Waals surface area contributed by atoms with Gasteiger partial charge in [0.25, 0.3) is 11.5 Å². The zero-order chi connectivity index (χ0) is 20.2. The molecule has 4 rings (SSSR count). The van der Waals surface area contributed by atoms with Gasteiger partial charge >= 0.3 is 0 Å². The van der Waals surface area contributed by atoms with Crippen LogP contribution in [0.3, 0.4) is 0 Å². The molecule has 3 aromatic heterocycles. The molecule has 152 valence electrons. The lowest BCUT2D eigenvalue weighted by Crippen LogP contribution is -2.40. The Morgan fingerprint density at radius 3 is 2.86 bits per heavy atom. The molecule has 3 aromatic rings. The van der Waals surface area contributed by atoms with E-state index in [1.54, 1.807) is 22.2 Å². The number of ether oxygens (including phenoxy) is 1. The van der Waals surface area contributed by atoms with Gasteiger partial charge in [-0.3, -0.25) is 14.5 Å². The molecule has 1 fully saturated rings. The van der Waals surface area contributed by atoms with E-state index in [0.717, 1.165) is 38.5 Å². The van der Waals surface area contributed by atoms with Gasteiger partial charge in [0.15, 0.2) is 5.65 Å². The van der Waals surface area contributed by atoms with E-state index in [4.69, 9.17) is 4.74 Å². The van der Waals surface area contributed by atoms with Crippen molar-refractivity contribution in [2.75, 3.05) is 32.8 Å². The summed E-state index contributed by atoms with van der Waals surface area (Å²) in [7, 11) is 0. The first-order valence-corrected chi connectivity index (χ1v) is 9.69. The summed E-state index contributed by atoms with van der Waals surface area (Å²) in [6.45, 7) is 6.48. The van der Waals surface area contributed by atoms with Crippen LogP contribution in [-0.4, -0.2) is 62.8 Å². The summed E-state index contributed by atoms with van der Waals surface area (Å²) in [4.78, 5) is 32.1. The Morgan fingerprint density at radius 1 is 1.21 bits per heavy atom. The monoisotopic (exact) mass is 396 g/mol. The largest absolute Gasteiger partial charge is 0.379 e. The fraction of sp³-hybridized carbons (Fsp3) is 0.400. The lowest BCUT2D eigenvalue weighted by atomic mass is 10.1. The Kier molecular flexibility index (Phi) is 5.68. The van der Waals surface area contributed by atoms with E-state index in [-0.39, 0.29) is 23.6 Å². The molecule has 1 aliphatic heterocycles. The van der Waals surface area contributed by atoms with Gasteiger partial charge in [-0.1, -0.05) is 6.07 Å². The van der Waals surface area contributed by atoms with Gasteiger partial charge in [0, 0.05) is 32.4 Å². The molecule has 0 saturated carbocycles. The zero-order valence-electron chi connectivity index (χ0n) is 16.4. The third-order valence-corrected chi connectivity index (χ3v) is 5.17. The predicted octanol–water partition coefficient (Wildman–Crippen LogP) is 0.462. The van der Waals surface area contributed by atoms with Gasteiger partial charge in [-0.25, -0.2) is 9.50 Å². The molecule has 0 bridgehead atoms. The third kappa shape index (κ3) is 4.20. The lowest BCUT2D eigenvalue weighted by Gasteiger charge is -2.26. The molecule has 29 heavy (non-hydrogen) atoms. The van der Waals surface area contributed by atoms with Crippen molar-refractivity contribution in [2.45, 2.75) is 20.0 Å². The van der Waals surface area contributed by atoms with Gasteiger partial charge < -0.3 is 14.6 Å². The summed E-state index contributed by atoms with van der Waals surface area (Å²) < 4.78 is 8.63. The van der Waals surface area contributed by atoms with Gasteiger partial charge in [-0.2, -0.15) is 5.10 Å². The number of carbonyl (C=O) groups excluding carboxylic acids is 1. The molecule has 9 heteroatoms. The van der Waals surface area contributed by atoms with E-state index < -0.39 is 0 Å². The number of pyridine rings is 2. The highest BCUT2D eigenvalue weighted by Crippen LogP contribution is 2.06. The molecule has 0 aromatic carbocycles. The fourth-order valence-corrected chi connectivity index (χ4v) is 3.49. The Balaban J connectivity index is 1.47. The minimum Gasteiger partial charge on any atom is -0.379 e. The summed E-state index contributed by atoms with van der Waals surface area (Å²) in [6.07, 6.45) is 3.22. The van der Waals surface area contributed by atoms with Crippen LogP contribution in [0.25, 0.3) is 5.65 Å². The molecule has 1 saturated heterocycles. The minimum absolute atomic E-state index is 0.181. The molecule has 1 aliphatic rings. The maximum Gasteiger partial charge on any atom is 0.263 e. The number of rotatable bonds is 6. The van der Waals surface area contributed by atoms with E-state index in [1.807, 2.05) is 24.3 Å². The minimum atomic E-state index is -0.384. The maximum absolute atomic E-state index is 12.9. The van der Waals surface area contributed by atoms with Gasteiger partial charge in [0.2, 0.25) is 0 Å². The molecule has 9 nitrogen and oxygen atoms in total. The number of aryl methyl sites for hydroxylation is 1.